The van der Waals surface area contributed by atoms with Gasteiger partial charge in [-0.3, -0.25) is 11.3 Å². The predicted octanol–water partition coefficient (Wildman–Crippen LogP) is 2.34. The first-order valence-corrected chi connectivity index (χ1v) is 7.97. The van der Waals surface area contributed by atoms with Crippen LogP contribution in [0.25, 0.3) is 0 Å². The Bertz CT molecular complexity index is 593. The summed E-state index contributed by atoms with van der Waals surface area (Å²) in [5.74, 6) is 5.75. The molecule has 0 aliphatic heterocycles. The zero-order valence-electron chi connectivity index (χ0n) is 11.7. The second-order valence-electron chi connectivity index (χ2n) is 5.32. The van der Waals surface area contributed by atoms with E-state index in [1.54, 1.807) is 0 Å². The Balaban J connectivity index is 1.81. The van der Waals surface area contributed by atoms with Gasteiger partial charge in [-0.1, -0.05) is 29.6 Å². The van der Waals surface area contributed by atoms with Crippen LogP contribution >= 0.6 is 11.5 Å². The number of benzene rings is 1. The van der Waals surface area contributed by atoms with Gasteiger partial charge in [0.15, 0.2) is 0 Å². The van der Waals surface area contributed by atoms with Gasteiger partial charge in [0.05, 0.1) is 16.6 Å². The van der Waals surface area contributed by atoms with Gasteiger partial charge in [0.2, 0.25) is 0 Å². The van der Waals surface area contributed by atoms with E-state index in [1.165, 1.54) is 47.5 Å². The molecule has 20 heavy (non-hydrogen) atoms. The van der Waals surface area contributed by atoms with Crippen LogP contribution in [0.15, 0.2) is 18.2 Å². The molecule has 3 N–H and O–H groups in total. The molecule has 1 aliphatic carbocycles. The Labute approximate surface area is 123 Å². The molecular formula is C15H20N4S. The second-order valence-corrected chi connectivity index (χ2v) is 6.10. The summed E-state index contributed by atoms with van der Waals surface area (Å²) in [4.78, 5) is 1.16. The quantitative estimate of drug-likeness (QED) is 0.655. The first-order chi connectivity index (χ1) is 9.81. The average Bonchev–Trinajstić information content (AvgIpc) is 3.12. The molecule has 0 radical (unpaired) electrons. The molecule has 1 aromatic carbocycles. The number of nitrogens with one attached hydrogen (secondary N) is 1. The predicted molar refractivity (Wildman–Crippen MR) is 81.5 cm³/mol. The summed E-state index contributed by atoms with van der Waals surface area (Å²) in [7, 11) is 0. The van der Waals surface area contributed by atoms with Crippen molar-refractivity contribution in [2.24, 2.45) is 5.84 Å². The molecular weight excluding hydrogens is 268 g/mol. The van der Waals surface area contributed by atoms with Gasteiger partial charge in [0, 0.05) is 0 Å². The highest BCUT2D eigenvalue weighted by atomic mass is 32.1. The topological polar surface area (TPSA) is 63.8 Å². The van der Waals surface area contributed by atoms with Crippen molar-refractivity contribution in [2.45, 2.75) is 45.1 Å². The van der Waals surface area contributed by atoms with Gasteiger partial charge in [-0.2, -0.15) is 0 Å². The molecule has 1 aromatic heterocycles. The van der Waals surface area contributed by atoms with Crippen molar-refractivity contribution < 1.29 is 0 Å². The minimum absolute atomic E-state index is 0.101. The summed E-state index contributed by atoms with van der Waals surface area (Å²) in [5, 5.41) is 4.18. The molecule has 0 bridgehead atoms. The summed E-state index contributed by atoms with van der Waals surface area (Å²) in [6.45, 7) is 2.10. The Morgan fingerprint density at radius 1 is 1.35 bits per heavy atom. The highest BCUT2D eigenvalue weighted by molar-refractivity contribution is 7.05. The van der Waals surface area contributed by atoms with Crippen molar-refractivity contribution in [3.05, 3.63) is 45.5 Å². The van der Waals surface area contributed by atoms with Gasteiger partial charge in [-0.05, 0) is 60.3 Å². The van der Waals surface area contributed by atoms with Gasteiger partial charge in [0.25, 0.3) is 0 Å². The van der Waals surface area contributed by atoms with Crippen LogP contribution in [-0.4, -0.2) is 9.59 Å². The van der Waals surface area contributed by atoms with E-state index in [0.29, 0.717) is 0 Å². The molecule has 0 saturated heterocycles. The molecule has 1 aliphatic rings. The van der Waals surface area contributed by atoms with Gasteiger partial charge in [-0.25, -0.2) is 0 Å². The monoisotopic (exact) mass is 288 g/mol. The molecule has 106 valence electrons. The van der Waals surface area contributed by atoms with E-state index in [9.17, 15) is 0 Å². The van der Waals surface area contributed by atoms with Crippen molar-refractivity contribution >= 4 is 11.5 Å². The number of hydrogen-bond donors (Lipinski definition) is 2. The van der Waals surface area contributed by atoms with Gasteiger partial charge in [-0.15, -0.1) is 5.10 Å². The van der Waals surface area contributed by atoms with Crippen molar-refractivity contribution in [2.75, 3.05) is 0 Å². The maximum Gasteiger partial charge on any atom is 0.0801 e. The largest absolute Gasteiger partial charge is 0.271 e. The molecule has 0 amide bonds. The maximum absolute atomic E-state index is 5.75. The fraction of sp³-hybridized carbons (Fsp3) is 0.467. The van der Waals surface area contributed by atoms with Crippen molar-refractivity contribution in [3.63, 3.8) is 0 Å². The molecule has 0 saturated carbocycles. The normalized spacial score (nSPS) is 15.3. The standard InChI is InChI=1S/C15H20N4S/c1-2-13-15(20-19-18-13)14(17-16)9-10-6-7-11-4-3-5-12(11)8-10/h6-8,14,17H,2-5,9,16H2,1H3. The molecule has 0 fully saturated rings. The zero-order valence-corrected chi connectivity index (χ0v) is 12.5. The molecule has 1 atom stereocenters. The van der Waals surface area contributed by atoms with Crippen LogP contribution in [0.2, 0.25) is 0 Å². The van der Waals surface area contributed by atoms with Crippen LogP contribution in [0.5, 0.6) is 0 Å². The van der Waals surface area contributed by atoms with E-state index in [-0.39, 0.29) is 6.04 Å². The lowest BCUT2D eigenvalue weighted by Gasteiger charge is -2.15. The number of aryl methyl sites for hydroxylation is 3. The number of aromatic nitrogens is 2. The van der Waals surface area contributed by atoms with Crippen molar-refractivity contribution in [1.82, 2.24) is 15.0 Å². The molecule has 5 heteroatoms. The van der Waals surface area contributed by atoms with E-state index >= 15 is 0 Å². The number of nitrogens with zero attached hydrogens (tertiary/aromatic N) is 2. The van der Waals surface area contributed by atoms with Crippen molar-refractivity contribution in [1.29, 1.82) is 0 Å². The first-order valence-electron chi connectivity index (χ1n) is 7.19. The van der Waals surface area contributed by atoms with Crippen LogP contribution < -0.4 is 11.3 Å². The Morgan fingerprint density at radius 2 is 2.20 bits per heavy atom. The molecule has 1 heterocycles. The molecule has 1 unspecified atom stereocenters. The summed E-state index contributed by atoms with van der Waals surface area (Å²) in [6.07, 6.45) is 5.52. The van der Waals surface area contributed by atoms with Crippen molar-refractivity contribution in [3.8, 4) is 0 Å². The van der Waals surface area contributed by atoms with Crippen LogP contribution in [0.3, 0.4) is 0 Å². The van der Waals surface area contributed by atoms with Gasteiger partial charge in [0.1, 0.15) is 0 Å². The highest BCUT2D eigenvalue weighted by Crippen LogP contribution is 2.27. The van der Waals surface area contributed by atoms with Crippen LogP contribution in [0.1, 0.15) is 46.6 Å². The number of nitrogens with two attached hydrogens (primary N) is 1. The maximum atomic E-state index is 5.75. The number of hydrogen-bond acceptors (Lipinski definition) is 5. The molecule has 4 nitrogen and oxygen atoms in total. The lowest BCUT2D eigenvalue weighted by Crippen LogP contribution is -2.29. The minimum atomic E-state index is 0.101. The van der Waals surface area contributed by atoms with E-state index in [0.717, 1.165) is 23.4 Å². The van der Waals surface area contributed by atoms with E-state index < -0.39 is 0 Å². The number of rotatable bonds is 5. The zero-order chi connectivity index (χ0) is 13.9. The lowest BCUT2D eigenvalue weighted by molar-refractivity contribution is 0.555. The van der Waals surface area contributed by atoms with Crippen LogP contribution in [-0.2, 0) is 25.7 Å². The summed E-state index contributed by atoms with van der Waals surface area (Å²) < 4.78 is 4.06. The second kappa shape index (κ2) is 5.99. The lowest BCUT2D eigenvalue weighted by atomic mass is 9.99. The van der Waals surface area contributed by atoms with Gasteiger partial charge >= 0.3 is 0 Å². The fourth-order valence-corrected chi connectivity index (χ4v) is 3.74. The summed E-state index contributed by atoms with van der Waals surface area (Å²) >= 11 is 1.45. The minimum Gasteiger partial charge on any atom is -0.271 e. The molecule has 3 rings (SSSR count). The third-order valence-electron chi connectivity index (χ3n) is 4.04. The van der Waals surface area contributed by atoms with Crippen LogP contribution in [0.4, 0.5) is 0 Å². The molecule has 2 aromatic rings. The van der Waals surface area contributed by atoms with Crippen LogP contribution in [0, 0.1) is 0 Å². The Kier molecular flexibility index (Phi) is 4.10. The Hall–Kier alpha value is -1.30. The van der Waals surface area contributed by atoms with E-state index in [1.807, 2.05) is 0 Å². The molecule has 0 spiro atoms. The number of hydrazine groups is 1. The van der Waals surface area contributed by atoms with E-state index in [4.69, 9.17) is 5.84 Å². The SMILES string of the molecule is CCc1nnsc1C(Cc1ccc2c(c1)CCC2)NN. The Morgan fingerprint density at radius 3 is 3.00 bits per heavy atom. The summed E-state index contributed by atoms with van der Waals surface area (Å²) in [5.41, 5.74) is 8.34. The third-order valence-corrected chi connectivity index (χ3v) is 4.92. The van der Waals surface area contributed by atoms with Gasteiger partial charge < -0.3 is 0 Å². The third kappa shape index (κ3) is 2.61. The fourth-order valence-electron chi connectivity index (χ4n) is 2.94. The highest BCUT2D eigenvalue weighted by Gasteiger charge is 2.19. The number of fused-ring (bicyclic) bond motifs is 1. The summed E-state index contributed by atoms with van der Waals surface area (Å²) in [6, 6.07) is 6.95. The smallest absolute Gasteiger partial charge is 0.0801 e. The van der Waals surface area contributed by atoms with E-state index in [2.05, 4.69) is 40.1 Å². The average molecular weight is 288 g/mol. The first kappa shape index (κ1) is 13.7.